The third kappa shape index (κ3) is 7.31. The van der Waals surface area contributed by atoms with E-state index in [9.17, 15) is 0 Å². The summed E-state index contributed by atoms with van der Waals surface area (Å²) in [4.78, 5) is 12.0. The van der Waals surface area contributed by atoms with Crippen molar-refractivity contribution in [3.05, 3.63) is 88.5 Å². The lowest BCUT2D eigenvalue weighted by Crippen LogP contribution is -2.14. The number of benzene rings is 3. The predicted octanol–water partition coefficient (Wildman–Crippen LogP) is 7.32. The Morgan fingerprint density at radius 3 is 2.21 bits per heavy atom. The van der Waals surface area contributed by atoms with Crippen LogP contribution in [-0.4, -0.2) is 37.7 Å². The van der Waals surface area contributed by atoms with Gasteiger partial charge >= 0.3 is 0 Å². The summed E-state index contributed by atoms with van der Waals surface area (Å²) in [6.07, 6.45) is 6.73. The van der Waals surface area contributed by atoms with Gasteiger partial charge in [0.05, 0.1) is 18.2 Å². The molecule has 0 saturated heterocycles. The molecule has 4 nitrogen and oxygen atoms in total. The summed E-state index contributed by atoms with van der Waals surface area (Å²) in [5.41, 5.74) is 9.62. The monoisotopic (exact) mass is 455 g/mol. The van der Waals surface area contributed by atoms with Crippen LogP contribution in [0.15, 0.2) is 70.8 Å². The first kappa shape index (κ1) is 25.2. The van der Waals surface area contributed by atoms with Gasteiger partial charge in [-0.2, -0.15) is 0 Å². The second-order valence-corrected chi connectivity index (χ2v) is 8.80. The smallest absolute Gasteiger partial charge is 0.117 e. The molecule has 0 aliphatic carbocycles. The number of nitrogens with zero attached hydrogens (tertiary/aromatic N) is 3. The topological polar surface area (TPSA) is 37.2 Å². The Kier molecular flexibility index (Phi) is 9.45. The molecular weight excluding hydrogens is 418 g/mol. The lowest BCUT2D eigenvalue weighted by atomic mass is 9.96. The van der Waals surface area contributed by atoms with Crippen molar-refractivity contribution < 1.29 is 4.84 Å². The second kappa shape index (κ2) is 12.7. The molecule has 0 aliphatic heterocycles. The van der Waals surface area contributed by atoms with Gasteiger partial charge in [-0.15, -0.1) is 0 Å². The Balaban J connectivity index is 1.65. The van der Waals surface area contributed by atoms with Crippen molar-refractivity contribution in [1.29, 1.82) is 0 Å². The van der Waals surface area contributed by atoms with Crippen molar-refractivity contribution in [1.82, 2.24) is 4.90 Å². The molecule has 0 radical (unpaired) electrons. The van der Waals surface area contributed by atoms with E-state index in [1.807, 2.05) is 13.4 Å². The van der Waals surface area contributed by atoms with Gasteiger partial charge in [0.15, 0.2) is 0 Å². The van der Waals surface area contributed by atoms with E-state index in [1.165, 1.54) is 33.4 Å². The molecule has 178 valence electrons. The van der Waals surface area contributed by atoms with Crippen LogP contribution in [0.5, 0.6) is 0 Å². The molecule has 0 N–H and O–H groups in total. The number of hydrogen-bond donors (Lipinski definition) is 0. The lowest BCUT2D eigenvalue weighted by Gasteiger charge is -2.12. The van der Waals surface area contributed by atoms with Gasteiger partial charge in [-0.05, 0) is 78.6 Å². The van der Waals surface area contributed by atoms with Crippen molar-refractivity contribution in [3.63, 3.8) is 0 Å². The van der Waals surface area contributed by atoms with E-state index in [0.29, 0.717) is 6.61 Å². The molecule has 0 saturated carbocycles. The fraction of sp³-hybridized carbons (Fsp3) is 0.333. The molecule has 0 atom stereocenters. The molecule has 0 heterocycles. The minimum Gasteiger partial charge on any atom is -0.396 e. The van der Waals surface area contributed by atoms with Gasteiger partial charge in [-0.3, -0.25) is 0 Å². The van der Waals surface area contributed by atoms with Crippen molar-refractivity contribution in [2.75, 3.05) is 20.2 Å². The Bertz CT molecular complexity index is 1100. The number of rotatable bonds is 11. The lowest BCUT2D eigenvalue weighted by molar-refractivity contribution is 0.143. The zero-order valence-electron chi connectivity index (χ0n) is 21.2. The first-order chi connectivity index (χ1) is 16.5. The highest BCUT2D eigenvalue weighted by molar-refractivity contribution is 5.80. The molecule has 0 spiro atoms. The van der Waals surface area contributed by atoms with E-state index in [4.69, 9.17) is 4.84 Å². The van der Waals surface area contributed by atoms with Crippen LogP contribution in [0, 0.1) is 13.8 Å². The standard InChI is InChI=1S/C30H37N3O/c1-6-8-17-34-32-21-26-11-15-28(16-12-26)27-13-9-25(10-14-27)20-29-18-24(4)30(19-23(29)3)31-22-33(5)7-2/h9-16,18-19,21-22H,6-8,17,20H2,1-5H3/b31-22?,32-21+. The number of oxime groups is 1. The summed E-state index contributed by atoms with van der Waals surface area (Å²) in [6, 6.07) is 21.7. The van der Waals surface area contributed by atoms with Crippen LogP contribution < -0.4 is 0 Å². The molecule has 0 amide bonds. The van der Waals surface area contributed by atoms with Gasteiger partial charge < -0.3 is 9.74 Å². The van der Waals surface area contributed by atoms with Gasteiger partial charge in [0.25, 0.3) is 0 Å². The number of aliphatic imine (C=N–C) groups is 1. The summed E-state index contributed by atoms with van der Waals surface area (Å²) in [7, 11) is 2.04. The molecule has 0 unspecified atom stereocenters. The van der Waals surface area contributed by atoms with Crippen LogP contribution >= 0.6 is 0 Å². The van der Waals surface area contributed by atoms with E-state index < -0.39 is 0 Å². The van der Waals surface area contributed by atoms with E-state index >= 15 is 0 Å². The Morgan fingerprint density at radius 1 is 0.882 bits per heavy atom. The highest BCUT2D eigenvalue weighted by atomic mass is 16.6. The summed E-state index contributed by atoms with van der Waals surface area (Å²) in [6.45, 7) is 10.2. The van der Waals surface area contributed by atoms with Gasteiger partial charge in [0, 0.05) is 13.6 Å². The molecule has 0 bridgehead atoms. The van der Waals surface area contributed by atoms with Crippen LogP contribution in [-0.2, 0) is 11.3 Å². The Hall–Kier alpha value is -3.40. The molecule has 3 aromatic rings. The number of hydrogen-bond acceptors (Lipinski definition) is 3. The van der Waals surface area contributed by atoms with Gasteiger partial charge in [0.2, 0.25) is 0 Å². The maximum Gasteiger partial charge on any atom is 0.117 e. The first-order valence-electron chi connectivity index (χ1n) is 12.2. The third-order valence-electron chi connectivity index (χ3n) is 6.01. The molecule has 0 fully saturated rings. The van der Waals surface area contributed by atoms with Crippen LogP contribution in [0.25, 0.3) is 11.1 Å². The summed E-state index contributed by atoms with van der Waals surface area (Å²) in [5, 5.41) is 4.04. The fourth-order valence-corrected chi connectivity index (χ4v) is 3.59. The van der Waals surface area contributed by atoms with E-state index in [-0.39, 0.29) is 0 Å². The normalized spacial score (nSPS) is 11.4. The van der Waals surface area contributed by atoms with Crippen molar-refractivity contribution in [2.45, 2.75) is 47.0 Å². The van der Waals surface area contributed by atoms with Crippen molar-refractivity contribution in [3.8, 4) is 11.1 Å². The minimum atomic E-state index is 0.672. The van der Waals surface area contributed by atoms with E-state index in [1.54, 1.807) is 6.21 Å². The molecular formula is C30H37N3O. The maximum atomic E-state index is 5.26. The number of unbranched alkanes of at least 4 members (excludes halogenated alkanes) is 1. The Morgan fingerprint density at radius 2 is 1.56 bits per heavy atom. The van der Waals surface area contributed by atoms with Gasteiger partial charge in [-0.25, -0.2) is 4.99 Å². The van der Waals surface area contributed by atoms with Gasteiger partial charge in [0.1, 0.15) is 6.61 Å². The average molecular weight is 456 g/mol. The maximum absolute atomic E-state index is 5.26. The van der Waals surface area contributed by atoms with Crippen LogP contribution in [0.2, 0.25) is 0 Å². The molecule has 0 aliphatic rings. The van der Waals surface area contributed by atoms with E-state index in [2.05, 4.69) is 103 Å². The molecule has 3 rings (SSSR count). The van der Waals surface area contributed by atoms with Crippen LogP contribution in [0.4, 0.5) is 5.69 Å². The van der Waals surface area contributed by atoms with E-state index in [0.717, 1.165) is 37.1 Å². The fourth-order valence-electron chi connectivity index (χ4n) is 3.59. The highest BCUT2D eigenvalue weighted by Crippen LogP contribution is 2.26. The van der Waals surface area contributed by atoms with Gasteiger partial charge in [-0.1, -0.05) is 73.1 Å². The van der Waals surface area contributed by atoms with Crippen molar-refractivity contribution in [2.24, 2.45) is 10.1 Å². The zero-order chi connectivity index (χ0) is 24.3. The molecule has 0 aromatic heterocycles. The predicted molar refractivity (Wildman–Crippen MR) is 146 cm³/mol. The largest absolute Gasteiger partial charge is 0.396 e. The SMILES string of the molecule is CCCCO/N=C/c1ccc(-c2ccc(Cc3cc(C)c(N=CN(C)CC)cc3C)cc2)cc1. The molecule has 4 heteroatoms. The van der Waals surface area contributed by atoms with Crippen LogP contribution in [0.1, 0.15) is 54.5 Å². The summed E-state index contributed by atoms with van der Waals surface area (Å²) >= 11 is 0. The molecule has 34 heavy (non-hydrogen) atoms. The summed E-state index contributed by atoms with van der Waals surface area (Å²) in [5.74, 6) is 0. The quantitative estimate of drug-likeness (QED) is 0.131. The first-order valence-corrected chi connectivity index (χ1v) is 12.2. The number of aryl methyl sites for hydroxylation is 2. The third-order valence-corrected chi connectivity index (χ3v) is 6.01. The highest BCUT2D eigenvalue weighted by Gasteiger charge is 2.06. The Labute approximate surface area is 205 Å². The average Bonchev–Trinajstić information content (AvgIpc) is 2.85. The zero-order valence-corrected chi connectivity index (χ0v) is 21.2. The van der Waals surface area contributed by atoms with Crippen LogP contribution in [0.3, 0.4) is 0 Å². The second-order valence-electron chi connectivity index (χ2n) is 8.80. The minimum absolute atomic E-state index is 0.672. The summed E-state index contributed by atoms with van der Waals surface area (Å²) < 4.78 is 0. The molecule has 3 aromatic carbocycles. The van der Waals surface area contributed by atoms with Crippen molar-refractivity contribution >= 4 is 18.2 Å².